The van der Waals surface area contributed by atoms with E-state index in [4.69, 9.17) is 15.9 Å². The number of hydrogen-bond donors (Lipinski definition) is 10. The molecule has 0 bridgehead atoms. The fraction of sp³-hybridized carbons (Fsp3) is 0.611. The lowest BCUT2D eigenvalue weighted by molar-refractivity contribution is -0.142. The van der Waals surface area contributed by atoms with Gasteiger partial charge in [-0.2, -0.15) is 25.3 Å². The van der Waals surface area contributed by atoms with Gasteiger partial charge in [-0.3, -0.25) is 28.8 Å². The zero-order chi connectivity index (χ0) is 27.1. The Hall–Kier alpha value is -3.05. The summed E-state index contributed by atoms with van der Waals surface area (Å²) >= 11 is 7.84. The van der Waals surface area contributed by atoms with Gasteiger partial charge in [0.1, 0.15) is 24.7 Å². The van der Waals surface area contributed by atoms with Crippen LogP contribution in [-0.4, -0.2) is 99.1 Å². The number of nitrogens with two attached hydrogens (primary N) is 1. The smallest absolute Gasteiger partial charge is 0.326 e. The van der Waals surface area contributed by atoms with E-state index in [1.807, 2.05) is 0 Å². The Bertz CT molecular complexity index is 813. The van der Waals surface area contributed by atoms with E-state index in [0.29, 0.717) is 0 Å². The van der Waals surface area contributed by atoms with Crippen LogP contribution in [0.25, 0.3) is 0 Å². The minimum absolute atomic E-state index is 0.159. The molecule has 0 aromatic heterocycles. The Balaban J connectivity index is 4.89. The van der Waals surface area contributed by atoms with Crippen molar-refractivity contribution in [2.75, 3.05) is 18.1 Å². The molecule has 2 unspecified atom stereocenters. The summed E-state index contributed by atoms with van der Waals surface area (Å²) < 4.78 is 0. The quantitative estimate of drug-likeness (QED) is 0.0813. The molecule has 17 heteroatoms. The van der Waals surface area contributed by atoms with Crippen molar-refractivity contribution in [2.45, 2.75) is 49.9 Å². The van der Waals surface area contributed by atoms with E-state index in [9.17, 15) is 38.7 Å². The van der Waals surface area contributed by atoms with Gasteiger partial charge in [0, 0.05) is 24.3 Å². The van der Waals surface area contributed by atoms with Gasteiger partial charge in [-0.1, -0.05) is 0 Å². The summed E-state index contributed by atoms with van der Waals surface area (Å²) in [7, 11) is 0. The molecule has 0 fully saturated rings. The highest BCUT2D eigenvalue weighted by Crippen LogP contribution is 2.02. The minimum Gasteiger partial charge on any atom is -0.481 e. The molecule has 4 amide bonds. The molecule has 0 aromatic carbocycles. The maximum atomic E-state index is 12.4. The average molecular weight is 540 g/mol. The first-order valence-corrected chi connectivity index (χ1v) is 11.4. The van der Waals surface area contributed by atoms with Gasteiger partial charge in [0.2, 0.25) is 23.6 Å². The van der Waals surface area contributed by atoms with Crippen LogP contribution in [0.2, 0.25) is 0 Å². The third kappa shape index (κ3) is 13.4. The van der Waals surface area contributed by atoms with Gasteiger partial charge in [0.05, 0.1) is 6.04 Å². The van der Waals surface area contributed by atoms with Gasteiger partial charge in [-0.15, -0.1) is 0 Å². The second kappa shape index (κ2) is 16.6. The SMILES string of the molecule is N[C@@H](CCC(=O)O)C(=O)N[C@@H](CS)C(=O)NC(CCC(=O)NC(CS)C(=O)NCC(=O)O)C(=O)O. The Morgan fingerprint density at radius 1 is 0.686 bits per heavy atom. The van der Waals surface area contributed by atoms with Crippen LogP contribution in [-0.2, 0) is 33.6 Å². The highest BCUT2D eigenvalue weighted by molar-refractivity contribution is 7.80. The van der Waals surface area contributed by atoms with Crippen LogP contribution in [0.4, 0.5) is 0 Å². The zero-order valence-electron chi connectivity index (χ0n) is 18.4. The van der Waals surface area contributed by atoms with Gasteiger partial charge < -0.3 is 42.3 Å². The molecule has 35 heavy (non-hydrogen) atoms. The number of thiol groups is 2. The number of aliphatic carboxylic acids is 3. The number of nitrogens with one attached hydrogen (secondary N) is 4. The molecular weight excluding hydrogens is 510 g/mol. The van der Waals surface area contributed by atoms with Crippen LogP contribution in [0.3, 0.4) is 0 Å². The van der Waals surface area contributed by atoms with Crippen LogP contribution in [0.5, 0.6) is 0 Å². The van der Waals surface area contributed by atoms with Crippen molar-refractivity contribution in [1.29, 1.82) is 0 Å². The standard InChI is InChI=1S/C18H29N5O10S2/c19-8(1-4-13(25)26)15(29)23-11(7-35)17(31)22-9(18(32)33)2-3-12(24)21-10(6-34)16(30)20-5-14(27)28/h8-11,34-35H,1-7,19H2,(H,20,30)(H,21,24)(H,22,31)(H,23,29)(H,25,26)(H,27,28)(H,32,33)/t8-,9?,10?,11-/m0/s1. The molecule has 0 aliphatic rings. The molecule has 4 atom stereocenters. The summed E-state index contributed by atoms with van der Waals surface area (Å²) in [6.45, 7) is -0.667. The molecule has 0 rings (SSSR count). The number of carbonyl (C=O) groups excluding carboxylic acids is 4. The van der Waals surface area contributed by atoms with Gasteiger partial charge in [-0.05, 0) is 12.8 Å². The minimum atomic E-state index is -1.54. The maximum absolute atomic E-state index is 12.4. The summed E-state index contributed by atoms with van der Waals surface area (Å²) in [5.41, 5.74) is 5.57. The summed E-state index contributed by atoms with van der Waals surface area (Å²) in [5.74, 6) is -7.62. The number of carboxylic acids is 3. The molecule has 0 spiro atoms. The second-order valence-electron chi connectivity index (χ2n) is 7.13. The summed E-state index contributed by atoms with van der Waals surface area (Å²) in [5, 5.41) is 35.3. The van der Waals surface area contributed by atoms with E-state index < -0.39 is 78.7 Å². The number of amides is 4. The molecule has 15 nitrogen and oxygen atoms in total. The van der Waals surface area contributed by atoms with Crippen molar-refractivity contribution in [3.05, 3.63) is 0 Å². The molecule has 0 saturated carbocycles. The molecule has 0 saturated heterocycles. The summed E-state index contributed by atoms with van der Waals surface area (Å²) in [6, 6.07) is -5.21. The Labute approximate surface area is 210 Å². The predicted octanol–water partition coefficient (Wildman–Crippen LogP) is -3.44. The molecule has 9 N–H and O–H groups in total. The van der Waals surface area contributed by atoms with Gasteiger partial charge >= 0.3 is 17.9 Å². The summed E-state index contributed by atoms with van der Waals surface area (Å²) in [4.78, 5) is 81.0. The van der Waals surface area contributed by atoms with Crippen molar-refractivity contribution >= 4 is 66.8 Å². The second-order valence-corrected chi connectivity index (χ2v) is 7.87. The number of carbonyl (C=O) groups is 7. The molecule has 0 aliphatic heterocycles. The van der Waals surface area contributed by atoms with Gasteiger partial charge in [-0.25, -0.2) is 4.79 Å². The number of hydrogen-bond acceptors (Lipinski definition) is 10. The third-order valence-corrected chi connectivity index (χ3v) is 5.07. The topological polar surface area (TPSA) is 254 Å². The van der Waals surface area contributed by atoms with Gasteiger partial charge in [0.25, 0.3) is 0 Å². The average Bonchev–Trinajstić information content (AvgIpc) is 2.79. The number of rotatable bonds is 17. The lowest BCUT2D eigenvalue weighted by Crippen LogP contribution is -2.55. The maximum Gasteiger partial charge on any atom is 0.326 e. The van der Waals surface area contributed by atoms with E-state index in [2.05, 4.69) is 46.5 Å². The Kier molecular flexibility index (Phi) is 15.1. The fourth-order valence-electron chi connectivity index (χ4n) is 2.43. The molecular formula is C18H29N5O10S2. The zero-order valence-corrected chi connectivity index (χ0v) is 20.2. The van der Waals surface area contributed by atoms with E-state index in [1.54, 1.807) is 0 Å². The fourth-order valence-corrected chi connectivity index (χ4v) is 2.95. The Morgan fingerprint density at radius 2 is 1.23 bits per heavy atom. The van der Waals surface area contributed by atoms with E-state index in [1.165, 1.54) is 0 Å². The van der Waals surface area contributed by atoms with E-state index in [0.717, 1.165) is 0 Å². The monoisotopic (exact) mass is 539 g/mol. The van der Waals surface area contributed by atoms with Crippen LogP contribution in [0.1, 0.15) is 25.7 Å². The van der Waals surface area contributed by atoms with Crippen molar-refractivity contribution in [3.63, 3.8) is 0 Å². The highest BCUT2D eigenvalue weighted by Gasteiger charge is 2.28. The lowest BCUT2D eigenvalue weighted by atomic mass is 10.1. The molecule has 0 heterocycles. The van der Waals surface area contributed by atoms with E-state index >= 15 is 0 Å². The first-order valence-electron chi connectivity index (χ1n) is 10.1. The molecule has 0 aromatic rings. The van der Waals surface area contributed by atoms with Gasteiger partial charge in [0.15, 0.2) is 0 Å². The molecule has 198 valence electrons. The van der Waals surface area contributed by atoms with Crippen LogP contribution in [0.15, 0.2) is 0 Å². The largest absolute Gasteiger partial charge is 0.481 e. The highest BCUT2D eigenvalue weighted by atomic mass is 32.1. The van der Waals surface area contributed by atoms with Crippen molar-refractivity contribution in [2.24, 2.45) is 5.73 Å². The molecule has 0 radical (unpaired) electrons. The van der Waals surface area contributed by atoms with Crippen molar-refractivity contribution in [3.8, 4) is 0 Å². The third-order valence-electron chi connectivity index (χ3n) is 4.34. The van der Waals surface area contributed by atoms with Crippen LogP contribution in [0, 0.1) is 0 Å². The first kappa shape index (κ1) is 31.9. The van der Waals surface area contributed by atoms with Crippen LogP contribution >= 0.6 is 25.3 Å². The summed E-state index contributed by atoms with van der Waals surface area (Å²) in [6.07, 6.45) is -1.36. The molecule has 0 aliphatic carbocycles. The normalized spacial score (nSPS) is 13.9. The van der Waals surface area contributed by atoms with E-state index in [-0.39, 0.29) is 30.8 Å². The van der Waals surface area contributed by atoms with Crippen LogP contribution < -0.4 is 27.0 Å². The lowest BCUT2D eigenvalue weighted by Gasteiger charge is -2.22. The first-order chi connectivity index (χ1) is 16.3. The Morgan fingerprint density at radius 3 is 1.71 bits per heavy atom. The number of carboxylic acid groups (broad SMARTS) is 3. The van der Waals surface area contributed by atoms with Crippen molar-refractivity contribution in [1.82, 2.24) is 21.3 Å². The predicted molar refractivity (Wildman–Crippen MR) is 126 cm³/mol. The van der Waals surface area contributed by atoms with Crippen molar-refractivity contribution < 1.29 is 48.9 Å².